The van der Waals surface area contributed by atoms with E-state index in [4.69, 9.17) is 9.52 Å². The second kappa shape index (κ2) is 9.62. The van der Waals surface area contributed by atoms with Gasteiger partial charge in [-0.25, -0.2) is 4.68 Å². The summed E-state index contributed by atoms with van der Waals surface area (Å²) < 4.78 is 6.79. The van der Waals surface area contributed by atoms with E-state index in [0.29, 0.717) is 42.8 Å². The quantitative estimate of drug-likeness (QED) is 0.457. The number of hydrogen-bond acceptors (Lipinski definition) is 4. The van der Waals surface area contributed by atoms with E-state index < -0.39 is 0 Å². The number of aromatic nitrogens is 2. The summed E-state index contributed by atoms with van der Waals surface area (Å²) in [6.07, 6.45) is 6.16. The summed E-state index contributed by atoms with van der Waals surface area (Å²) in [6.45, 7) is 5.30. The highest BCUT2D eigenvalue weighted by Gasteiger charge is 2.27. The van der Waals surface area contributed by atoms with Gasteiger partial charge in [-0.2, -0.15) is 5.10 Å². The number of piperidine rings is 1. The highest BCUT2D eigenvalue weighted by atomic mass is 16.3. The average molecular weight is 469 g/mol. The van der Waals surface area contributed by atoms with Gasteiger partial charge in [0, 0.05) is 30.9 Å². The molecule has 0 atom stereocenters. The highest BCUT2D eigenvalue weighted by Crippen LogP contribution is 2.26. The molecular weight excluding hydrogens is 440 g/mol. The lowest BCUT2D eigenvalue weighted by Gasteiger charge is -2.32. The number of hydrogen-bond donors (Lipinski definition) is 1. The van der Waals surface area contributed by atoms with Crippen LogP contribution >= 0.6 is 0 Å². The van der Waals surface area contributed by atoms with Crippen molar-refractivity contribution in [3.05, 3.63) is 95.6 Å². The molecule has 0 bridgehead atoms. The van der Waals surface area contributed by atoms with Crippen LogP contribution in [-0.2, 0) is 0 Å². The molecule has 0 saturated carbocycles. The maximum absolute atomic E-state index is 13.4. The molecule has 2 amide bonds. The van der Waals surface area contributed by atoms with Gasteiger partial charge in [0.05, 0.1) is 23.1 Å². The second-order valence-corrected chi connectivity index (χ2v) is 9.02. The molecule has 178 valence electrons. The number of nitrogens with one attached hydrogen (secondary N) is 1. The molecule has 7 nitrogen and oxygen atoms in total. The first kappa shape index (κ1) is 22.7. The molecular formula is C28H28N4O3. The van der Waals surface area contributed by atoms with Crippen LogP contribution in [0, 0.1) is 13.8 Å². The summed E-state index contributed by atoms with van der Waals surface area (Å²) in [5.41, 5.74) is 5.89. The third-order valence-electron chi connectivity index (χ3n) is 6.65. The Morgan fingerprint density at radius 2 is 1.77 bits per heavy atom. The number of carbonyl (C=O) groups excluding carboxylic acids is 2. The van der Waals surface area contributed by atoms with Crippen LogP contribution < -0.4 is 5.32 Å². The zero-order valence-electron chi connectivity index (χ0n) is 19.9. The van der Waals surface area contributed by atoms with Crippen molar-refractivity contribution in [2.24, 2.45) is 0 Å². The van der Waals surface area contributed by atoms with Crippen LogP contribution in [0.15, 0.2) is 77.7 Å². The van der Waals surface area contributed by atoms with Gasteiger partial charge in [-0.3, -0.25) is 9.59 Å². The van der Waals surface area contributed by atoms with Gasteiger partial charge in [0.15, 0.2) is 0 Å². The number of furan rings is 1. The van der Waals surface area contributed by atoms with Crippen molar-refractivity contribution in [3.8, 4) is 16.9 Å². The summed E-state index contributed by atoms with van der Waals surface area (Å²) in [7, 11) is 0. The van der Waals surface area contributed by atoms with E-state index in [2.05, 4.69) is 31.3 Å². The molecule has 1 N–H and O–H groups in total. The van der Waals surface area contributed by atoms with Gasteiger partial charge in [-0.1, -0.05) is 30.3 Å². The first-order chi connectivity index (χ1) is 17.0. The van der Waals surface area contributed by atoms with Crippen LogP contribution in [-0.4, -0.2) is 45.6 Å². The molecule has 1 saturated heterocycles. The number of carbonyl (C=O) groups is 2. The zero-order valence-corrected chi connectivity index (χ0v) is 19.9. The van der Waals surface area contributed by atoms with Crippen molar-refractivity contribution in [2.45, 2.75) is 32.7 Å². The Morgan fingerprint density at radius 1 is 1.00 bits per heavy atom. The average Bonchev–Trinajstić information content (AvgIpc) is 3.57. The highest BCUT2D eigenvalue weighted by molar-refractivity contribution is 6.00. The molecule has 0 spiro atoms. The second-order valence-electron chi connectivity index (χ2n) is 9.02. The zero-order chi connectivity index (χ0) is 24.4. The molecule has 5 rings (SSSR count). The van der Waals surface area contributed by atoms with E-state index in [0.717, 1.165) is 16.8 Å². The summed E-state index contributed by atoms with van der Waals surface area (Å²) in [4.78, 5) is 27.8. The summed E-state index contributed by atoms with van der Waals surface area (Å²) in [5.74, 6) is -0.190. The Balaban J connectivity index is 1.35. The summed E-state index contributed by atoms with van der Waals surface area (Å²) in [5, 5.41) is 7.98. The van der Waals surface area contributed by atoms with Gasteiger partial charge in [0.2, 0.25) is 0 Å². The van der Waals surface area contributed by atoms with Crippen molar-refractivity contribution in [3.63, 3.8) is 0 Å². The topological polar surface area (TPSA) is 80.4 Å². The van der Waals surface area contributed by atoms with Crippen molar-refractivity contribution >= 4 is 11.8 Å². The van der Waals surface area contributed by atoms with Crippen LogP contribution in [0.5, 0.6) is 0 Å². The van der Waals surface area contributed by atoms with Crippen molar-refractivity contribution in [1.82, 2.24) is 20.0 Å². The molecule has 1 aliphatic heterocycles. The number of nitrogens with zero attached hydrogens (tertiary/aromatic N) is 3. The number of aryl methyl sites for hydroxylation is 2. The molecule has 1 aliphatic rings. The van der Waals surface area contributed by atoms with Gasteiger partial charge in [0.25, 0.3) is 11.8 Å². The minimum Gasteiger partial charge on any atom is -0.472 e. The molecule has 0 aliphatic carbocycles. The first-order valence-electron chi connectivity index (χ1n) is 11.8. The van der Waals surface area contributed by atoms with Gasteiger partial charge in [-0.15, -0.1) is 0 Å². The number of para-hydroxylation sites is 1. The molecule has 0 radical (unpaired) electrons. The van der Waals surface area contributed by atoms with Crippen LogP contribution in [0.3, 0.4) is 0 Å². The SMILES string of the molecule is Cc1ccc(-c2nn(-c3ccccc3)cc2C(=O)NC2CCN(C(=O)c3ccoc3)CC2)cc1C. The minimum absolute atomic E-state index is 0.0106. The van der Waals surface area contributed by atoms with Crippen LogP contribution in [0.1, 0.15) is 44.7 Å². The van der Waals surface area contributed by atoms with E-state index in [-0.39, 0.29) is 17.9 Å². The predicted octanol–water partition coefficient (Wildman–Crippen LogP) is 4.78. The monoisotopic (exact) mass is 468 g/mol. The molecule has 7 heteroatoms. The Morgan fingerprint density at radius 3 is 2.46 bits per heavy atom. The van der Waals surface area contributed by atoms with E-state index in [9.17, 15) is 9.59 Å². The fraction of sp³-hybridized carbons (Fsp3) is 0.250. The van der Waals surface area contributed by atoms with E-state index in [1.165, 1.54) is 18.1 Å². The summed E-state index contributed by atoms with van der Waals surface area (Å²) >= 11 is 0. The lowest BCUT2D eigenvalue weighted by molar-refractivity contribution is 0.0697. The molecule has 4 aromatic rings. The molecule has 1 fully saturated rings. The van der Waals surface area contributed by atoms with Crippen LogP contribution in [0.2, 0.25) is 0 Å². The van der Waals surface area contributed by atoms with Crippen LogP contribution in [0.4, 0.5) is 0 Å². The summed E-state index contributed by atoms with van der Waals surface area (Å²) in [6, 6.07) is 17.6. The van der Waals surface area contributed by atoms with Crippen molar-refractivity contribution < 1.29 is 14.0 Å². The third kappa shape index (κ3) is 4.75. The lowest BCUT2D eigenvalue weighted by atomic mass is 10.0. The van der Waals surface area contributed by atoms with E-state index in [1.54, 1.807) is 21.8 Å². The maximum Gasteiger partial charge on any atom is 0.257 e. The van der Waals surface area contributed by atoms with Crippen LogP contribution in [0.25, 0.3) is 16.9 Å². The molecule has 3 heterocycles. The molecule has 2 aromatic heterocycles. The normalized spacial score (nSPS) is 14.2. The van der Waals surface area contributed by atoms with E-state index in [1.807, 2.05) is 36.4 Å². The largest absolute Gasteiger partial charge is 0.472 e. The Bertz CT molecular complexity index is 1330. The minimum atomic E-state index is -0.153. The fourth-order valence-corrected chi connectivity index (χ4v) is 4.41. The molecule has 0 unspecified atom stereocenters. The smallest absolute Gasteiger partial charge is 0.257 e. The molecule has 2 aromatic carbocycles. The predicted molar refractivity (Wildman–Crippen MR) is 134 cm³/mol. The maximum atomic E-state index is 13.4. The Hall–Kier alpha value is -4.13. The number of likely N-dealkylation sites (tertiary alicyclic amines) is 1. The van der Waals surface area contributed by atoms with Gasteiger partial charge < -0.3 is 14.6 Å². The lowest BCUT2D eigenvalue weighted by Crippen LogP contribution is -2.46. The Labute approximate surface area is 204 Å². The Kier molecular flexibility index (Phi) is 6.23. The third-order valence-corrected chi connectivity index (χ3v) is 6.65. The fourth-order valence-electron chi connectivity index (χ4n) is 4.41. The number of rotatable bonds is 5. The number of benzene rings is 2. The van der Waals surface area contributed by atoms with E-state index >= 15 is 0 Å². The van der Waals surface area contributed by atoms with Crippen molar-refractivity contribution in [1.29, 1.82) is 0 Å². The van der Waals surface area contributed by atoms with Crippen molar-refractivity contribution in [2.75, 3.05) is 13.1 Å². The van der Waals surface area contributed by atoms with Gasteiger partial charge in [-0.05, 0) is 62.1 Å². The van der Waals surface area contributed by atoms with Gasteiger partial charge >= 0.3 is 0 Å². The molecule has 35 heavy (non-hydrogen) atoms. The standard InChI is InChI=1S/C28H28N4O3/c1-19-8-9-21(16-20(19)2)26-25(17-32(30-26)24-6-4-3-5-7-24)27(33)29-23-10-13-31(14-11-23)28(34)22-12-15-35-18-22/h3-9,12,15-18,23H,10-11,13-14H2,1-2H3,(H,29,33). The van der Waals surface area contributed by atoms with Gasteiger partial charge in [0.1, 0.15) is 12.0 Å². The first-order valence-corrected chi connectivity index (χ1v) is 11.8. The number of amides is 2.